The van der Waals surface area contributed by atoms with Gasteiger partial charge in [0.05, 0.1) is 5.69 Å². The number of thiophene rings is 1. The molecular weight excluding hydrogens is 362 g/mol. The first-order chi connectivity index (χ1) is 11.5. The van der Waals surface area contributed by atoms with Crippen molar-refractivity contribution in [1.29, 1.82) is 0 Å². The number of benzene rings is 1. The van der Waals surface area contributed by atoms with Crippen molar-refractivity contribution in [1.82, 2.24) is 9.78 Å². The minimum Gasteiger partial charge on any atom is -0.279 e. The molecular formula is C16H17N3O2S3. The van der Waals surface area contributed by atoms with E-state index in [-0.39, 0.29) is 4.21 Å². The van der Waals surface area contributed by atoms with E-state index in [1.165, 1.54) is 11.3 Å². The third-order valence-corrected chi connectivity index (χ3v) is 7.06. The third kappa shape index (κ3) is 3.50. The zero-order valence-electron chi connectivity index (χ0n) is 13.3. The number of hydrogen-bond donors (Lipinski definition) is 1. The molecule has 0 fully saturated rings. The van der Waals surface area contributed by atoms with E-state index in [0.29, 0.717) is 5.69 Å². The molecule has 5 nitrogen and oxygen atoms in total. The van der Waals surface area contributed by atoms with Crippen molar-refractivity contribution >= 4 is 38.8 Å². The predicted octanol–water partition coefficient (Wildman–Crippen LogP) is 4.15. The first kappa shape index (κ1) is 17.1. The van der Waals surface area contributed by atoms with Gasteiger partial charge in [0.1, 0.15) is 4.21 Å². The lowest BCUT2D eigenvalue weighted by atomic mass is 10.2. The number of thioether (sulfide) groups is 1. The average molecular weight is 380 g/mol. The summed E-state index contributed by atoms with van der Waals surface area (Å²) in [6.45, 7) is 2.74. The smallest absolute Gasteiger partial charge is 0.271 e. The molecule has 0 saturated heterocycles. The summed E-state index contributed by atoms with van der Waals surface area (Å²) >= 11 is 2.82. The summed E-state index contributed by atoms with van der Waals surface area (Å²) in [4.78, 5) is 1.09. The Morgan fingerprint density at radius 3 is 2.67 bits per heavy atom. The second kappa shape index (κ2) is 7.00. The molecule has 126 valence electrons. The Kier molecular flexibility index (Phi) is 4.98. The van der Waals surface area contributed by atoms with Crippen molar-refractivity contribution in [2.24, 2.45) is 0 Å². The van der Waals surface area contributed by atoms with Crippen molar-refractivity contribution < 1.29 is 8.42 Å². The number of nitrogens with one attached hydrogen (secondary N) is 1. The third-order valence-electron chi connectivity index (χ3n) is 3.49. The van der Waals surface area contributed by atoms with Crippen LogP contribution in [0.3, 0.4) is 0 Å². The number of nitrogens with zero attached hydrogens (tertiary/aromatic N) is 2. The van der Waals surface area contributed by atoms with Gasteiger partial charge in [-0.1, -0.05) is 0 Å². The molecule has 0 bridgehead atoms. The summed E-state index contributed by atoms with van der Waals surface area (Å²) < 4.78 is 29.9. The molecule has 0 aliphatic carbocycles. The zero-order valence-corrected chi connectivity index (χ0v) is 15.7. The number of aromatic nitrogens is 2. The van der Waals surface area contributed by atoms with E-state index in [2.05, 4.69) is 9.82 Å². The van der Waals surface area contributed by atoms with Crippen LogP contribution in [0, 0.1) is 0 Å². The van der Waals surface area contributed by atoms with E-state index < -0.39 is 10.0 Å². The van der Waals surface area contributed by atoms with Gasteiger partial charge in [-0.05, 0) is 49.6 Å². The van der Waals surface area contributed by atoms with Crippen LogP contribution in [0.5, 0.6) is 0 Å². The van der Waals surface area contributed by atoms with E-state index in [0.717, 1.165) is 22.7 Å². The van der Waals surface area contributed by atoms with Gasteiger partial charge >= 0.3 is 0 Å². The molecule has 24 heavy (non-hydrogen) atoms. The molecule has 2 heterocycles. The van der Waals surface area contributed by atoms with Crippen LogP contribution < -0.4 is 4.72 Å². The van der Waals surface area contributed by atoms with Gasteiger partial charge in [0.2, 0.25) is 0 Å². The fraction of sp³-hybridized carbons (Fsp3) is 0.188. The summed E-state index contributed by atoms with van der Waals surface area (Å²) in [6.07, 6.45) is 3.70. The van der Waals surface area contributed by atoms with Gasteiger partial charge in [0, 0.05) is 34.3 Å². The first-order valence-corrected chi connectivity index (χ1v) is 10.9. The zero-order chi connectivity index (χ0) is 17.2. The Labute approximate surface area is 149 Å². The van der Waals surface area contributed by atoms with Crippen molar-refractivity contribution in [2.75, 3.05) is 11.0 Å². The molecule has 0 radical (unpaired) electrons. The Hall–Kier alpha value is -1.77. The topological polar surface area (TPSA) is 64.0 Å². The highest BCUT2D eigenvalue weighted by atomic mass is 32.2. The summed E-state index contributed by atoms with van der Waals surface area (Å²) in [7, 11) is -3.59. The maximum absolute atomic E-state index is 12.6. The maximum atomic E-state index is 12.6. The van der Waals surface area contributed by atoms with Gasteiger partial charge in [0.25, 0.3) is 10.0 Å². The normalized spacial score (nSPS) is 11.6. The summed E-state index contributed by atoms with van der Waals surface area (Å²) in [5.41, 5.74) is 2.33. The van der Waals surface area contributed by atoms with Gasteiger partial charge in [-0.3, -0.25) is 9.40 Å². The van der Waals surface area contributed by atoms with E-state index >= 15 is 0 Å². The maximum Gasteiger partial charge on any atom is 0.271 e. The van der Waals surface area contributed by atoms with Crippen LogP contribution in [0.1, 0.15) is 6.92 Å². The number of aryl methyl sites for hydroxylation is 1. The van der Waals surface area contributed by atoms with Crippen LogP contribution in [-0.2, 0) is 16.6 Å². The van der Waals surface area contributed by atoms with Gasteiger partial charge in [-0.15, -0.1) is 23.1 Å². The van der Waals surface area contributed by atoms with Crippen molar-refractivity contribution in [2.45, 2.75) is 22.6 Å². The van der Waals surface area contributed by atoms with Gasteiger partial charge in [-0.25, -0.2) is 8.42 Å². The molecule has 3 aromatic rings. The molecule has 1 aromatic carbocycles. The minimum atomic E-state index is -3.59. The Morgan fingerprint density at radius 2 is 2.00 bits per heavy atom. The molecule has 8 heteroatoms. The van der Waals surface area contributed by atoms with E-state index in [1.807, 2.05) is 41.4 Å². The van der Waals surface area contributed by atoms with Crippen molar-refractivity contribution in [3.63, 3.8) is 0 Å². The van der Waals surface area contributed by atoms with Crippen LogP contribution in [0.2, 0.25) is 0 Å². The number of rotatable bonds is 6. The second-order valence-corrected chi connectivity index (χ2v) is 8.72. The van der Waals surface area contributed by atoms with Gasteiger partial charge in [-0.2, -0.15) is 5.10 Å². The number of anilines is 1. The Morgan fingerprint density at radius 1 is 1.25 bits per heavy atom. The molecule has 0 unspecified atom stereocenters. The van der Waals surface area contributed by atoms with Crippen molar-refractivity contribution in [3.05, 3.63) is 48.0 Å². The van der Waals surface area contributed by atoms with Gasteiger partial charge < -0.3 is 0 Å². The predicted molar refractivity (Wildman–Crippen MR) is 100 cm³/mol. The fourth-order valence-electron chi connectivity index (χ4n) is 2.29. The van der Waals surface area contributed by atoms with E-state index in [9.17, 15) is 8.42 Å². The Balaban J connectivity index is 1.85. The lowest BCUT2D eigenvalue weighted by Crippen LogP contribution is -2.11. The van der Waals surface area contributed by atoms with Crippen LogP contribution in [0.25, 0.3) is 11.3 Å². The van der Waals surface area contributed by atoms with E-state index in [1.54, 1.807) is 36.2 Å². The highest BCUT2D eigenvalue weighted by Gasteiger charge is 2.18. The molecule has 0 atom stereocenters. The van der Waals surface area contributed by atoms with Gasteiger partial charge in [0.15, 0.2) is 0 Å². The fourth-order valence-corrected chi connectivity index (χ4v) is 4.93. The number of hydrogen-bond acceptors (Lipinski definition) is 5. The summed E-state index contributed by atoms with van der Waals surface area (Å²) in [5, 5.41) is 6.06. The lowest BCUT2D eigenvalue weighted by Gasteiger charge is -2.06. The molecule has 0 spiro atoms. The monoisotopic (exact) mass is 379 g/mol. The molecule has 3 rings (SSSR count). The first-order valence-electron chi connectivity index (χ1n) is 7.31. The van der Waals surface area contributed by atoms with Crippen molar-refractivity contribution in [3.8, 4) is 11.3 Å². The van der Waals surface area contributed by atoms with Crippen LogP contribution in [0.15, 0.2) is 57.1 Å². The summed E-state index contributed by atoms with van der Waals surface area (Å²) in [6, 6.07) is 10.9. The molecule has 1 N–H and O–H groups in total. The largest absolute Gasteiger partial charge is 0.279 e. The standard InChI is InChI=1S/C16H17N3O2S3/c1-3-19-15(8-9-17-19)12-10-16(23-11-12)24(20,21)18-13-4-6-14(22-2)7-5-13/h4-11,18H,3H2,1-2H3. The molecule has 0 aliphatic heterocycles. The minimum absolute atomic E-state index is 0.287. The van der Waals surface area contributed by atoms with Crippen LogP contribution >= 0.6 is 23.1 Å². The highest BCUT2D eigenvalue weighted by Crippen LogP contribution is 2.30. The molecule has 0 aliphatic rings. The average Bonchev–Trinajstić information content (AvgIpc) is 3.24. The van der Waals surface area contributed by atoms with E-state index in [4.69, 9.17) is 0 Å². The Bertz CT molecular complexity index is 928. The molecule has 0 saturated carbocycles. The SMILES string of the molecule is CCn1nccc1-c1csc(S(=O)(=O)Nc2ccc(SC)cc2)c1. The van der Waals surface area contributed by atoms with Crippen LogP contribution in [0.4, 0.5) is 5.69 Å². The quantitative estimate of drug-likeness (QED) is 0.653. The number of sulfonamides is 1. The molecule has 0 amide bonds. The summed E-state index contributed by atoms with van der Waals surface area (Å²) in [5.74, 6) is 0. The second-order valence-electron chi connectivity index (χ2n) is 5.02. The van der Waals surface area contributed by atoms with Crippen LogP contribution in [-0.4, -0.2) is 24.5 Å². The highest BCUT2D eigenvalue weighted by molar-refractivity contribution is 7.98. The molecule has 2 aromatic heterocycles. The lowest BCUT2D eigenvalue weighted by molar-refractivity contribution is 0.603.